The molecule has 136 valence electrons. The van der Waals surface area contributed by atoms with Crippen LogP contribution in [0, 0.1) is 17.8 Å². The van der Waals surface area contributed by atoms with Crippen LogP contribution < -0.4 is 5.32 Å². The predicted molar refractivity (Wildman–Crippen MR) is 111 cm³/mol. The molecule has 2 rings (SSSR count). The van der Waals surface area contributed by atoms with E-state index in [0.717, 1.165) is 13.0 Å². The number of rotatable bonds is 5. The van der Waals surface area contributed by atoms with Crippen LogP contribution in [0.1, 0.15) is 59.1 Å². The monoisotopic (exact) mass is 337 g/mol. The van der Waals surface area contributed by atoms with Crippen molar-refractivity contribution in [1.82, 2.24) is 5.32 Å². The molecule has 1 heteroatoms. The Morgan fingerprint density at radius 3 is 2.12 bits per heavy atom. The van der Waals surface area contributed by atoms with Crippen LogP contribution in [0.5, 0.6) is 0 Å². The van der Waals surface area contributed by atoms with E-state index >= 15 is 0 Å². The van der Waals surface area contributed by atoms with Gasteiger partial charge in [0, 0.05) is 24.1 Å². The quantitative estimate of drug-likeness (QED) is 0.620. The van der Waals surface area contributed by atoms with Gasteiger partial charge in [0.05, 0.1) is 0 Å². The number of hydrogen-bond donors (Lipinski definition) is 1. The van der Waals surface area contributed by atoms with E-state index in [0.29, 0.717) is 0 Å². The summed E-state index contributed by atoms with van der Waals surface area (Å²) in [5.41, 5.74) is 5.95. The zero-order chi connectivity index (χ0) is 18.9. The number of benzene rings is 1. The maximum absolute atomic E-state index is 3.86. The summed E-state index contributed by atoms with van der Waals surface area (Å²) in [6, 6.07) is 9.05. The smallest absolute Gasteiger partial charge is 0.0365 e. The van der Waals surface area contributed by atoms with E-state index in [-0.39, 0.29) is 16.2 Å². The van der Waals surface area contributed by atoms with Gasteiger partial charge in [-0.15, -0.1) is 0 Å². The molecule has 1 aliphatic rings. The van der Waals surface area contributed by atoms with Gasteiger partial charge in [0.1, 0.15) is 0 Å². The highest BCUT2D eigenvalue weighted by Crippen LogP contribution is 2.53. The molecule has 0 aromatic heterocycles. The van der Waals surface area contributed by atoms with E-state index in [2.05, 4.69) is 96.8 Å². The van der Waals surface area contributed by atoms with Crippen LogP contribution in [0.2, 0.25) is 0 Å². The van der Waals surface area contributed by atoms with Gasteiger partial charge >= 0.3 is 0 Å². The van der Waals surface area contributed by atoms with Crippen molar-refractivity contribution >= 4 is 0 Å². The lowest BCUT2D eigenvalue weighted by atomic mass is 9.55. The lowest BCUT2D eigenvalue weighted by Gasteiger charge is -2.50. The maximum Gasteiger partial charge on any atom is 0.0365 e. The van der Waals surface area contributed by atoms with Gasteiger partial charge in [-0.3, -0.25) is 0 Å². The van der Waals surface area contributed by atoms with Gasteiger partial charge < -0.3 is 5.32 Å². The normalized spacial score (nSPS) is 21.4. The Hall–Kier alpha value is -1.76. The van der Waals surface area contributed by atoms with Crippen molar-refractivity contribution < 1.29 is 0 Å². The van der Waals surface area contributed by atoms with Crippen molar-refractivity contribution in [3.05, 3.63) is 71.5 Å². The van der Waals surface area contributed by atoms with Crippen LogP contribution in [0.3, 0.4) is 0 Å². The summed E-state index contributed by atoms with van der Waals surface area (Å²) in [7, 11) is 0. The van der Waals surface area contributed by atoms with Crippen LogP contribution in [0.15, 0.2) is 60.3 Å². The highest BCUT2D eigenvalue weighted by Gasteiger charge is 2.47. The van der Waals surface area contributed by atoms with Crippen molar-refractivity contribution in [3.8, 4) is 0 Å². The van der Waals surface area contributed by atoms with Gasteiger partial charge in [0.25, 0.3) is 0 Å². The van der Waals surface area contributed by atoms with E-state index in [1.807, 2.05) is 6.08 Å². The molecule has 0 heterocycles. The van der Waals surface area contributed by atoms with Crippen LogP contribution in [0.25, 0.3) is 0 Å². The van der Waals surface area contributed by atoms with Crippen molar-refractivity contribution in [1.29, 1.82) is 0 Å². The Bertz CT molecular complexity index is 674. The van der Waals surface area contributed by atoms with Crippen LogP contribution in [-0.2, 0) is 5.41 Å². The topological polar surface area (TPSA) is 12.0 Å². The molecule has 1 aromatic rings. The second-order valence-electron chi connectivity index (χ2n) is 9.46. The molecule has 1 aliphatic carbocycles. The number of hydrogen-bond acceptors (Lipinski definition) is 1. The third-order valence-electron chi connectivity index (χ3n) is 5.58. The minimum Gasteiger partial charge on any atom is -0.385 e. The second-order valence-corrected chi connectivity index (χ2v) is 9.46. The van der Waals surface area contributed by atoms with E-state index in [1.165, 1.54) is 22.4 Å². The average Bonchev–Trinajstić information content (AvgIpc) is 2.43. The SMILES string of the molecule is C=C/C=C(\CNC1=CC(c2ccc(C)cc2)(C(C)(C)C)C1)C(C)(C)C. The molecule has 25 heavy (non-hydrogen) atoms. The Morgan fingerprint density at radius 2 is 1.68 bits per heavy atom. The van der Waals surface area contributed by atoms with Gasteiger partial charge in [-0.25, -0.2) is 0 Å². The molecular formula is C24H35N. The zero-order valence-corrected chi connectivity index (χ0v) is 17.2. The van der Waals surface area contributed by atoms with Crippen molar-refractivity contribution in [2.75, 3.05) is 6.54 Å². The molecule has 1 aromatic carbocycles. The van der Waals surface area contributed by atoms with Crippen LogP contribution in [0.4, 0.5) is 0 Å². The summed E-state index contributed by atoms with van der Waals surface area (Å²) in [6.45, 7) is 20.7. The highest BCUT2D eigenvalue weighted by molar-refractivity contribution is 5.44. The molecule has 0 saturated carbocycles. The summed E-state index contributed by atoms with van der Waals surface area (Å²) >= 11 is 0. The van der Waals surface area contributed by atoms with Crippen LogP contribution >= 0.6 is 0 Å². The van der Waals surface area contributed by atoms with E-state index in [4.69, 9.17) is 0 Å². The molecule has 0 aliphatic heterocycles. The standard InChI is InChI=1S/C24H35N/c1-9-10-20(22(3,4)5)17-25-21-15-24(16-21,23(6,7)8)19-13-11-18(2)12-14-19/h9-15,25H,1,16-17H2,2-8H3/b20-10+. The molecule has 0 bridgehead atoms. The first-order valence-corrected chi connectivity index (χ1v) is 9.34. The largest absolute Gasteiger partial charge is 0.385 e. The van der Waals surface area contributed by atoms with Crippen LogP contribution in [-0.4, -0.2) is 6.54 Å². The lowest BCUT2D eigenvalue weighted by molar-refractivity contribution is 0.204. The summed E-state index contributed by atoms with van der Waals surface area (Å²) in [5, 5.41) is 3.66. The first-order valence-electron chi connectivity index (χ1n) is 9.34. The fourth-order valence-electron chi connectivity index (χ4n) is 3.56. The summed E-state index contributed by atoms with van der Waals surface area (Å²) in [6.07, 6.45) is 7.56. The number of nitrogens with one attached hydrogen (secondary N) is 1. The predicted octanol–water partition coefficient (Wildman–Crippen LogP) is 6.31. The molecule has 1 nitrogen and oxygen atoms in total. The number of allylic oxidation sites excluding steroid dienone is 4. The Balaban J connectivity index is 2.21. The van der Waals surface area contributed by atoms with Crippen molar-refractivity contribution in [2.45, 2.75) is 60.3 Å². The molecule has 0 fully saturated rings. The second kappa shape index (κ2) is 6.86. The van der Waals surface area contributed by atoms with Gasteiger partial charge in [-0.1, -0.05) is 96.2 Å². The molecule has 1 N–H and O–H groups in total. The van der Waals surface area contributed by atoms with E-state index < -0.39 is 0 Å². The Labute approximate surface area is 154 Å². The number of aryl methyl sites for hydroxylation is 1. The minimum absolute atomic E-state index is 0.118. The van der Waals surface area contributed by atoms with Gasteiger partial charge in [-0.05, 0) is 28.9 Å². The molecule has 1 unspecified atom stereocenters. The third kappa shape index (κ3) is 4.08. The van der Waals surface area contributed by atoms with Gasteiger partial charge in [0.15, 0.2) is 0 Å². The maximum atomic E-state index is 3.86. The molecule has 0 amide bonds. The van der Waals surface area contributed by atoms with Crippen molar-refractivity contribution in [2.24, 2.45) is 10.8 Å². The Kier molecular flexibility index (Phi) is 5.37. The molecule has 1 atom stereocenters. The molecular weight excluding hydrogens is 302 g/mol. The van der Waals surface area contributed by atoms with E-state index in [1.54, 1.807) is 0 Å². The lowest BCUT2D eigenvalue weighted by Crippen LogP contribution is -2.47. The van der Waals surface area contributed by atoms with Gasteiger partial charge in [-0.2, -0.15) is 0 Å². The molecule has 0 spiro atoms. The summed E-state index contributed by atoms with van der Waals surface area (Å²) in [4.78, 5) is 0. The summed E-state index contributed by atoms with van der Waals surface area (Å²) in [5.74, 6) is 0. The summed E-state index contributed by atoms with van der Waals surface area (Å²) < 4.78 is 0. The minimum atomic E-state index is 0.118. The Morgan fingerprint density at radius 1 is 1.12 bits per heavy atom. The average molecular weight is 338 g/mol. The fourth-order valence-corrected chi connectivity index (χ4v) is 3.56. The fraction of sp³-hybridized carbons (Fsp3) is 0.500. The third-order valence-corrected chi connectivity index (χ3v) is 5.58. The van der Waals surface area contributed by atoms with E-state index in [9.17, 15) is 0 Å². The van der Waals surface area contributed by atoms with Gasteiger partial charge in [0.2, 0.25) is 0 Å². The zero-order valence-electron chi connectivity index (χ0n) is 17.2. The first-order chi connectivity index (χ1) is 11.5. The highest BCUT2D eigenvalue weighted by atomic mass is 14.9. The van der Waals surface area contributed by atoms with Crippen molar-refractivity contribution in [3.63, 3.8) is 0 Å². The first kappa shape index (κ1) is 19.6. The molecule has 0 saturated heterocycles. The molecule has 0 radical (unpaired) electrons.